The second-order valence-electron chi connectivity index (χ2n) is 8.05. The number of piperidine rings is 2. The number of carbonyl (C=O) groups is 2. The molecule has 3 aliphatic heterocycles. The normalized spacial score (nSPS) is 36.2. The van der Waals surface area contributed by atoms with Crippen LogP contribution in [0.1, 0.15) is 52.9 Å². The van der Waals surface area contributed by atoms with Gasteiger partial charge in [0.25, 0.3) is 0 Å². The molecule has 0 aromatic carbocycles. The lowest BCUT2D eigenvalue weighted by Crippen LogP contribution is -2.57. The van der Waals surface area contributed by atoms with E-state index in [0.29, 0.717) is 11.6 Å². The van der Waals surface area contributed by atoms with Crippen molar-refractivity contribution < 1.29 is 14.7 Å². The topological polar surface area (TPSA) is 102 Å². The molecule has 3 rings (SSSR count). The number of aliphatic hydroxyl groups is 1. The van der Waals surface area contributed by atoms with Gasteiger partial charge in [-0.3, -0.25) is 14.9 Å². The third-order valence-electron chi connectivity index (χ3n) is 6.19. The summed E-state index contributed by atoms with van der Waals surface area (Å²) in [5.41, 5.74) is 1.63. The Hall–Kier alpha value is -1.44. The summed E-state index contributed by atoms with van der Waals surface area (Å²) in [6, 6.07) is 0.426. The summed E-state index contributed by atoms with van der Waals surface area (Å²) in [5.74, 6) is 0.00225. The van der Waals surface area contributed by atoms with E-state index < -0.39 is 6.23 Å². The van der Waals surface area contributed by atoms with Crippen molar-refractivity contribution in [3.63, 3.8) is 0 Å². The zero-order chi connectivity index (χ0) is 18.8. The second kappa shape index (κ2) is 8.06. The van der Waals surface area contributed by atoms with Crippen LogP contribution in [0.4, 0.5) is 0 Å². The molecule has 6 atom stereocenters. The molecule has 0 radical (unpaired) electrons. The van der Waals surface area contributed by atoms with E-state index in [1.165, 1.54) is 0 Å². The Labute approximate surface area is 155 Å². The molecular weight excluding hydrogens is 332 g/mol. The second-order valence-corrected chi connectivity index (χ2v) is 8.05. The first-order valence-corrected chi connectivity index (χ1v) is 9.84. The van der Waals surface area contributed by atoms with E-state index in [2.05, 4.69) is 28.2 Å². The van der Waals surface area contributed by atoms with Crippen molar-refractivity contribution in [2.45, 2.75) is 83.3 Å². The highest BCUT2D eigenvalue weighted by atomic mass is 16.3. The van der Waals surface area contributed by atoms with Gasteiger partial charge in [0.2, 0.25) is 11.8 Å². The van der Waals surface area contributed by atoms with Gasteiger partial charge in [-0.25, -0.2) is 0 Å². The van der Waals surface area contributed by atoms with E-state index in [4.69, 9.17) is 0 Å². The van der Waals surface area contributed by atoms with Crippen molar-refractivity contribution in [2.24, 2.45) is 5.92 Å². The zero-order valence-electron chi connectivity index (χ0n) is 16.0. The maximum atomic E-state index is 12.5. The number of aliphatic hydroxyl groups excluding tert-OH is 1. The molecule has 2 saturated heterocycles. The van der Waals surface area contributed by atoms with Crippen molar-refractivity contribution in [1.29, 1.82) is 0 Å². The molecule has 5 N–H and O–H groups in total. The Bertz CT molecular complexity index is 591. The van der Waals surface area contributed by atoms with Gasteiger partial charge in [-0.1, -0.05) is 5.57 Å². The van der Waals surface area contributed by atoms with Crippen LogP contribution in [-0.2, 0) is 9.59 Å². The fourth-order valence-electron chi connectivity index (χ4n) is 4.72. The first-order chi connectivity index (χ1) is 12.4. The number of fused-ring (bicyclic) bond motifs is 1. The monoisotopic (exact) mass is 364 g/mol. The number of rotatable bonds is 4. The van der Waals surface area contributed by atoms with Crippen molar-refractivity contribution in [1.82, 2.24) is 21.3 Å². The molecule has 2 fully saturated rings. The molecule has 0 aromatic rings. The fourth-order valence-corrected chi connectivity index (χ4v) is 4.72. The van der Waals surface area contributed by atoms with Crippen LogP contribution in [-0.4, -0.2) is 53.9 Å². The van der Waals surface area contributed by atoms with Crippen LogP contribution in [0.15, 0.2) is 11.1 Å². The molecule has 3 aliphatic rings. The fraction of sp³-hybridized carbons (Fsp3) is 0.789. The summed E-state index contributed by atoms with van der Waals surface area (Å²) in [6.07, 6.45) is 3.14. The van der Waals surface area contributed by atoms with Crippen molar-refractivity contribution in [3.8, 4) is 0 Å². The average Bonchev–Trinajstić information content (AvgIpc) is 2.58. The molecule has 26 heavy (non-hydrogen) atoms. The third kappa shape index (κ3) is 4.10. The molecule has 2 amide bonds. The van der Waals surface area contributed by atoms with Crippen LogP contribution in [0.25, 0.3) is 0 Å². The quantitative estimate of drug-likeness (QED) is 0.489. The lowest BCUT2D eigenvalue weighted by molar-refractivity contribution is -0.124. The number of nitrogens with one attached hydrogen (secondary N) is 4. The standard InChI is InChI=1S/C19H32N4O3/c1-10-13(19(26)23-15-7-8-20-12(3)18(10)15)9-17(25)21-11(2)14-5-4-6-16(24)22-14/h11-12,14-16,18,20,22,24H,4-9H2,1-3H3,(H,21,25)(H,23,26)/t11-,12?,14?,15?,16?,18?/m1/s1. The lowest BCUT2D eigenvalue weighted by atomic mass is 9.76. The Morgan fingerprint density at radius 2 is 2.12 bits per heavy atom. The van der Waals surface area contributed by atoms with Gasteiger partial charge in [-0.15, -0.1) is 0 Å². The number of hydrogen-bond donors (Lipinski definition) is 5. The summed E-state index contributed by atoms with van der Waals surface area (Å²) >= 11 is 0. The van der Waals surface area contributed by atoms with Gasteiger partial charge in [-0.05, 0) is 53.0 Å². The van der Waals surface area contributed by atoms with E-state index in [1.54, 1.807) is 0 Å². The molecule has 0 saturated carbocycles. The van der Waals surface area contributed by atoms with E-state index in [-0.39, 0.29) is 42.3 Å². The Morgan fingerprint density at radius 1 is 1.35 bits per heavy atom. The summed E-state index contributed by atoms with van der Waals surface area (Å²) in [7, 11) is 0. The number of amides is 2. The first kappa shape index (κ1) is 19.3. The van der Waals surface area contributed by atoms with E-state index in [0.717, 1.165) is 37.8 Å². The minimum atomic E-state index is -0.501. The van der Waals surface area contributed by atoms with Crippen molar-refractivity contribution in [2.75, 3.05) is 6.54 Å². The van der Waals surface area contributed by atoms with E-state index in [9.17, 15) is 14.7 Å². The zero-order valence-corrected chi connectivity index (χ0v) is 16.0. The molecule has 7 nitrogen and oxygen atoms in total. The van der Waals surface area contributed by atoms with Crippen molar-refractivity contribution >= 4 is 11.8 Å². The van der Waals surface area contributed by atoms with Crippen LogP contribution >= 0.6 is 0 Å². The average molecular weight is 364 g/mol. The van der Waals surface area contributed by atoms with Crippen molar-refractivity contribution in [3.05, 3.63) is 11.1 Å². The summed E-state index contributed by atoms with van der Waals surface area (Å²) in [6.45, 7) is 6.98. The van der Waals surface area contributed by atoms with Gasteiger partial charge in [0.05, 0.1) is 6.42 Å². The summed E-state index contributed by atoms with van der Waals surface area (Å²) in [4.78, 5) is 25.1. The maximum absolute atomic E-state index is 12.5. The minimum absolute atomic E-state index is 0.0601. The van der Waals surface area contributed by atoms with Gasteiger partial charge in [-0.2, -0.15) is 0 Å². The minimum Gasteiger partial charge on any atom is -0.379 e. The predicted molar refractivity (Wildman–Crippen MR) is 99.2 cm³/mol. The van der Waals surface area contributed by atoms with E-state index >= 15 is 0 Å². The molecule has 5 unspecified atom stereocenters. The van der Waals surface area contributed by atoms with Gasteiger partial charge in [0, 0.05) is 35.7 Å². The molecule has 0 bridgehead atoms. The molecule has 0 spiro atoms. The highest BCUT2D eigenvalue weighted by molar-refractivity contribution is 6.00. The smallest absolute Gasteiger partial charge is 0.247 e. The van der Waals surface area contributed by atoms with Gasteiger partial charge in [0.15, 0.2) is 0 Å². The molecule has 146 valence electrons. The highest BCUT2D eigenvalue weighted by Crippen LogP contribution is 2.32. The van der Waals surface area contributed by atoms with Crippen LogP contribution < -0.4 is 21.3 Å². The van der Waals surface area contributed by atoms with E-state index in [1.807, 2.05) is 13.8 Å². The Balaban J connectivity index is 1.64. The Kier molecular flexibility index (Phi) is 5.99. The highest BCUT2D eigenvalue weighted by Gasteiger charge is 2.39. The predicted octanol–water partition coefficient (Wildman–Crippen LogP) is 0.155. The van der Waals surface area contributed by atoms with Gasteiger partial charge < -0.3 is 21.1 Å². The van der Waals surface area contributed by atoms with Crippen LogP contribution in [0, 0.1) is 5.92 Å². The Morgan fingerprint density at radius 3 is 2.85 bits per heavy atom. The molecule has 3 heterocycles. The third-order valence-corrected chi connectivity index (χ3v) is 6.19. The molecule has 7 heteroatoms. The van der Waals surface area contributed by atoms with Crippen LogP contribution in [0.2, 0.25) is 0 Å². The summed E-state index contributed by atoms with van der Waals surface area (Å²) < 4.78 is 0. The van der Waals surface area contributed by atoms with Crippen LogP contribution in [0.5, 0.6) is 0 Å². The number of hydrogen-bond acceptors (Lipinski definition) is 5. The SMILES string of the molecule is CC1=C(CC(=O)N[C@H](C)C2CCCC(O)N2)C(=O)NC2CCNC(C)C12. The maximum Gasteiger partial charge on any atom is 0.247 e. The molecular formula is C19H32N4O3. The molecule has 0 aromatic heterocycles. The molecule has 0 aliphatic carbocycles. The van der Waals surface area contributed by atoms with Gasteiger partial charge in [0.1, 0.15) is 6.23 Å². The summed E-state index contributed by atoms with van der Waals surface area (Å²) in [5, 5.41) is 22.4. The number of carbonyl (C=O) groups excluding carboxylic acids is 2. The largest absolute Gasteiger partial charge is 0.379 e. The first-order valence-electron chi connectivity index (χ1n) is 9.84. The van der Waals surface area contributed by atoms with Crippen LogP contribution in [0.3, 0.4) is 0 Å². The van der Waals surface area contributed by atoms with Gasteiger partial charge >= 0.3 is 0 Å². The lowest BCUT2D eigenvalue weighted by Gasteiger charge is -2.42.